The third kappa shape index (κ3) is 3.98. The molecule has 122 valence electrons. The molecule has 0 amide bonds. The van der Waals surface area contributed by atoms with Crippen LogP contribution in [-0.4, -0.2) is 48.7 Å². The van der Waals surface area contributed by atoms with E-state index in [2.05, 4.69) is 24.1 Å². The molecule has 0 bridgehead atoms. The van der Waals surface area contributed by atoms with Crippen molar-refractivity contribution in [2.45, 2.75) is 76.9 Å². The fourth-order valence-electron chi connectivity index (χ4n) is 4.36. The van der Waals surface area contributed by atoms with Gasteiger partial charge in [0.25, 0.3) is 0 Å². The highest BCUT2D eigenvalue weighted by Crippen LogP contribution is 2.35. The molecule has 1 saturated heterocycles. The van der Waals surface area contributed by atoms with E-state index in [1.54, 1.807) is 0 Å². The molecule has 21 heavy (non-hydrogen) atoms. The molecule has 3 unspecified atom stereocenters. The number of hydrogen-bond acceptors (Lipinski definition) is 4. The highest BCUT2D eigenvalue weighted by molar-refractivity contribution is 5.80. The fraction of sp³-hybridized carbons (Fsp3) is 0.941. The molecule has 0 spiro atoms. The Labute approximate surface area is 129 Å². The summed E-state index contributed by atoms with van der Waals surface area (Å²) in [5, 5.41) is 3.43. The number of carbonyl (C=O) groups excluding carboxylic acids is 1. The molecule has 3 atom stereocenters. The molecule has 1 heterocycles. The summed E-state index contributed by atoms with van der Waals surface area (Å²) in [6.45, 7) is 8.04. The maximum Gasteiger partial charge on any atom is 0.327 e. The average molecular weight is 296 g/mol. The van der Waals surface area contributed by atoms with Crippen molar-refractivity contribution in [2.24, 2.45) is 5.92 Å². The lowest BCUT2D eigenvalue weighted by atomic mass is 9.77. The molecule has 1 aliphatic heterocycles. The summed E-state index contributed by atoms with van der Waals surface area (Å²) in [6, 6.07) is 0.937. The van der Waals surface area contributed by atoms with Gasteiger partial charge in [-0.1, -0.05) is 12.8 Å². The highest BCUT2D eigenvalue weighted by atomic mass is 16.5. The van der Waals surface area contributed by atoms with Gasteiger partial charge in [0.05, 0.1) is 7.11 Å². The third-order valence-electron chi connectivity index (χ3n) is 5.12. The van der Waals surface area contributed by atoms with Crippen molar-refractivity contribution in [1.82, 2.24) is 10.2 Å². The monoisotopic (exact) mass is 296 g/mol. The lowest BCUT2D eigenvalue weighted by molar-refractivity contribution is -0.150. The molecule has 4 heteroatoms. The molecule has 1 aliphatic carbocycles. The minimum absolute atomic E-state index is 0.144. The van der Waals surface area contributed by atoms with Gasteiger partial charge in [0.1, 0.15) is 5.54 Å². The van der Waals surface area contributed by atoms with Crippen LogP contribution >= 0.6 is 0 Å². The van der Waals surface area contributed by atoms with Gasteiger partial charge >= 0.3 is 5.97 Å². The molecule has 1 saturated carbocycles. The van der Waals surface area contributed by atoms with Crippen LogP contribution in [0, 0.1) is 5.92 Å². The zero-order valence-electron chi connectivity index (χ0n) is 14.2. The van der Waals surface area contributed by atoms with E-state index >= 15 is 0 Å². The molecular weight excluding hydrogens is 264 g/mol. The van der Waals surface area contributed by atoms with E-state index in [1.165, 1.54) is 45.6 Å². The van der Waals surface area contributed by atoms with Gasteiger partial charge in [0.15, 0.2) is 0 Å². The Balaban J connectivity index is 2.09. The zero-order valence-corrected chi connectivity index (χ0v) is 14.2. The van der Waals surface area contributed by atoms with Crippen molar-refractivity contribution in [3.8, 4) is 0 Å². The van der Waals surface area contributed by atoms with Crippen molar-refractivity contribution in [3.05, 3.63) is 0 Å². The van der Waals surface area contributed by atoms with Crippen molar-refractivity contribution >= 4 is 5.97 Å². The van der Waals surface area contributed by atoms with E-state index in [1.807, 2.05) is 6.92 Å². The maximum absolute atomic E-state index is 12.3. The first-order valence-corrected chi connectivity index (χ1v) is 8.56. The summed E-state index contributed by atoms with van der Waals surface area (Å²) in [5.41, 5.74) is -0.609. The first-order valence-electron chi connectivity index (χ1n) is 8.56. The van der Waals surface area contributed by atoms with Crippen LogP contribution in [-0.2, 0) is 9.53 Å². The second-order valence-electron chi connectivity index (χ2n) is 7.35. The highest BCUT2D eigenvalue weighted by Gasteiger charge is 2.41. The SMILES string of the molecule is COC(=O)C(C)(CN1CCCC2CCCCC21)NC(C)C. The van der Waals surface area contributed by atoms with Crippen LogP contribution in [0.2, 0.25) is 0 Å². The lowest BCUT2D eigenvalue weighted by Crippen LogP contribution is -2.62. The van der Waals surface area contributed by atoms with Crippen LogP contribution in [0.15, 0.2) is 0 Å². The molecule has 0 aromatic rings. The zero-order chi connectivity index (χ0) is 15.5. The molecule has 2 fully saturated rings. The van der Waals surface area contributed by atoms with Crippen LogP contribution < -0.4 is 5.32 Å². The molecule has 4 nitrogen and oxygen atoms in total. The summed E-state index contributed by atoms with van der Waals surface area (Å²) in [5.74, 6) is 0.697. The first-order chi connectivity index (χ1) is 9.96. The van der Waals surface area contributed by atoms with Gasteiger partial charge in [-0.2, -0.15) is 0 Å². The van der Waals surface area contributed by atoms with Gasteiger partial charge in [-0.3, -0.25) is 15.0 Å². The quantitative estimate of drug-likeness (QED) is 0.792. The van der Waals surface area contributed by atoms with Crippen LogP contribution in [0.1, 0.15) is 59.3 Å². The summed E-state index contributed by atoms with van der Waals surface area (Å²) in [4.78, 5) is 14.8. The Bertz CT molecular complexity index is 357. The summed E-state index contributed by atoms with van der Waals surface area (Å²) in [7, 11) is 1.49. The number of esters is 1. The van der Waals surface area contributed by atoms with Crippen molar-refractivity contribution in [3.63, 3.8) is 0 Å². The standard InChI is InChI=1S/C17H32N2O2/c1-13(2)18-17(3,16(20)21-4)12-19-11-7-9-14-8-5-6-10-15(14)19/h13-15,18H,5-12H2,1-4H3. The summed E-state index contributed by atoms with van der Waals surface area (Å²) < 4.78 is 5.07. The van der Waals surface area contributed by atoms with Gasteiger partial charge in [-0.15, -0.1) is 0 Å². The van der Waals surface area contributed by atoms with E-state index in [0.717, 1.165) is 19.0 Å². The predicted molar refractivity (Wildman–Crippen MR) is 85.2 cm³/mol. The smallest absolute Gasteiger partial charge is 0.327 e. The van der Waals surface area contributed by atoms with Crippen molar-refractivity contribution < 1.29 is 9.53 Å². The van der Waals surface area contributed by atoms with Crippen molar-refractivity contribution in [1.29, 1.82) is 0 Å². The van der Waals surface area contributed by atoms with E-state index in [9.17, 15) is 4.79 Å². The van der Waals surface area contributed by atoms with Gasteiger partial charge in [0.2, 0.25) is 0 Å². The number of piperidine rings is 1. The van der Waals surface area contributed by atoms with Gasteiger partial charge < -0.3 is 4.74 Å². The maximum atomic E-state index is 12.3. The third-order valence-corrected chi connectivity index (χ3v) is 5.12. The Morgan fingerprint density at radius 2 is 1.95 bits per heavy atom. The number of hydrogen-bond donors (Lipinski definition) is 1. The Morgan fingerprint density at radius 3 is 2.62 bits per heavy atom. The molecular formula is C17H32N2O2. The fourth-order valence-corrected chi connectivity index (χ4v) is 4.36. The van der Waals surface area contributed by atoms with Crippen LogP contribution in [0.25, 0.3) is 0 Å². The number of ether oxygens (including phenoxy) is 1. The number of nitrogens with one attached hydrogen (secondary N) is 1. The second-order valence-corrected chi connectivity index (χ2v) is 7.35. The molecule has 1 N–H and O–H groups in total. The van der Waals surface area contributed by atoms with Crippen LogP contribution in [0.4, 0.5) is 0 Å². The number of carbonyl (C=O) groups is 1. The molecule has 2 rings (SSSR count). The van der Waals surface area contributed by atoms with Crippen LogP contribution in [0.3, 0.4) is 0 Å². The largest absolute Gasteiger partial charge is 0.468 e. The number of rotatable bonds is 5. The van der Waals surface area contributed by atoms with E-state index < -0.39 is 5.54 Å². The number of nitrogens with zero attached hydrogens (tertiary/aromatic N) is 1. The van der Waals surface area contributed by atoms with Gasteiger partial charge in [0, 0.05) is 18.6 Å². The molecule has 0 aromatic heterocycles. The topological polar surface area (TPSA) is 41.6 Å². The van der Waals surface area contributed by atoms with Gasteiger partial charge in [-0.25, -0.2) is 0 Å². The van der Waals surface area contributed by atoms with E-state index in [0.29, 0.717) is 6.04 Å². The Hall–Kier alpha value is -0.610. The predicted octanol–water partition coefficient (Wildman–Crippen LogP) is 2.57. The van der Waals surface area contributed by atoms with Crippen LogP contribution in [0.5, 0.6) is 0 Å². The average Bonchev–Trinajstić information content (AvgIpc) is 2.46. The summed E-state index contributed by atoms with van der Waals surface area (Å²) >= 11 is 0. The number of likely N-dealkylation sites (tertiary alicyclic amines) is 1. The van der Waals surface area contributed by atoms with Crippen molar-refractivity contribution in [2.75, 3.05) is 20.2 Å². The summed E-state index contributed by atoms with van der Waals surface area (Å²) in [6.07, 6.45) is 8.02. The van der Waals surface area contributed by atoms with E-state index in [4.69, 9.17) is 4.74 Å². The lowest BCUT2D eigenvalue weighted by Gasteiger charge is -2.47. The molecule has 2 aliphatic rings. The first kappa shape index (κ1) is 16.8. The second kappa shape index (κ2) is 7.10. The van der Waals surface area contributed by atoms with E-state index in [-0.39, 0.29) is 12.0 Å². The minimum atomic E-state index is -0.609. The minimum Gasteiger partial charge on any atom is -0.468 e. The molecule has 0 aromatic carbocycles. The Kier molecular flexibility index (Phi) is 5.67. The number of fused-ring (bicyclic) bond motifs is 1. The Morgan fingerprint density at radius 1 is 1.29 bits per heavy atom. The number of methoxy groups -OCH3 is 1. The normalized spacial score (nSPS) is 29.8. The van der Waals surface area contributed by atoms with Gasteiger partial charge in [-0.05, 0) is 58.9 Å². The molecule has 0 radical (unpaired) electrons.